The standard InChI is InChI=1S/C14H18N4O2/c15-10-6-7-12(20-8-10)14-16-13(17-18-14)9-19-11-4-2-1-3-5-11/h1-5,10,12H,6-9,15H2,(H,16,17,18)/t10?,12-/m0/s1. The summed E-state index contributed by atoms with van der Waals surface area (Å²) in [6.07, 6.45) is 1.74. The Balaban J connectivity index is 1.57. The van der Waals surface area contributed by atoms with Crippen LogP contribution in [0.2, 0.25) is 0 Å². The maximum absolute atomic E-state index is 5.80. The summed E-state index contributed by atoms with van der Waals surface area (Å²) in [5.74, 6) is 2.19. The van der Waals surface area contributed by atoms with E-state index in [1.807, 2.05) is 30.3 Å². The fraction of sp³-hybridized carbons (Fsp3) is 0.429. The van der Waals surface area contributed by atoms with Gasteiger partial charge in [-0.15, -0.1) is 0 Å². The predicted molar refractivity (Wildman–Crippen MR) is 73.1 cm³/mol. The molecule has 6 heteroatoms. The van der Waals surface area contributed by atoms with Gasteiger partial charge >= 0.3 is 0 Å². The van der Waals surface area contributed by atoms with Gasteiger partial charge in [-0.3, -0.25) is 5.10 Å². The van der Waals surface area contributed by atoms with Gasteiger partial charge in [-0.25, -0.2) is 4.98 Å². The minimum Gasteiger partial charge on any atom is -0.486 e. The third kappa shape index (κ3) is 3.15. The quantitative estimate of drug-likeness (QED) is 0.883. The summed E-state index contributed by atoms with van der Waals surface area (Å²) in [5.41, 5.74) is 5.80. The first-order valence-corrected chi connectivity index (χ1v) is 6.77. The Morgan fingerprint density at radius 2 is 2.15 bits per heavy atom. The molecule has 2 aromatic rings. The number of aromatic nitrogens is 3. The molecule has 106 valence electrons. The number of rotatable bonds is 4. The van der Waals surface area contributed by atoms with E-state index >= 15 is 0 Å². The van der Waals surface area contributed by atoms with Crippen molar-refractivity contribution in [2.75, 3.05) is 6.61 Å². The molecule has 1 aromatic heterocycles. The molecule has 0 bridgehead atoms. The number of ether oxygens (including phenoxy) is 2. The largest absolute Gasteiger partial charge is 0.486 e. The Labute approximate surface area is 117 Å². The monoisotopic (exact) mass is 274 g/mol. The van der Waals surface area contributed by atoms with Crippen LogP contribution in [0.15, 0.2) is 30.3 Å². The average molecular weight is 274 g/mol. The Morgan fingerprint density at radius 1 is 1.30 bits per heavy atom. The van der Waals surface area contributed by atoms with Crippen LogP contribution in [0.4, 0.5) is 0 Å². The lowest BCUT2D eigenvalue weighted by atomic mass is 10.1. The summed E-state index contributed by atoms with van der Waals surface area (Å²) in [4.78, 5) is 4.42. The molecule has 1 aliphatic rings. The van der Waals surface area contributed by atoms with E-state index in [-0.39, 0.29) is 12.1 Å². The summed E-state index contributed by atoms with van der Waals surface area (Å²) in [5, 5.41) is 7.08. The van der Waals surface area contributed by atoms with Crippen LogP contribution < -0.4 is 10.5 Å². The van der Waals surface area contributed by atoms with E-state index in [9.17, 15) is 0 Å². The fourth-order valence-electron chi connectivity index (χ4n) is 2.16. The molecular formula is C14H18N4O2. The lowest BCUT2D eigenvalue weighted by Crippen LogP contribution is -2.32. The summed E-state index contributed by atoms with van der Waals surface area (Å²) >= 11 is 0. The molecule has 1 unspecified atom stereocenters. The summed E-state index contributed by atoms with van der Waals surface area (Å²) < 4.78 is 11.3. The zero-order valence-electron chi connectivity index (χ0n) is 11.2. The zero-order chi connectivity index (χ0) is 13.8. The molecule has 2 heterocycles. The van der Waals surface area contributed by atoms with Crippen molar-refractivity contribution in [1.29, 1.82) is 0 Å². The van der Waals surface area contributed by atoms with Crippen LogP contribution in [0.1, 0.15) is 30.6 Å². The van der Waals surface area contributed by atoms with Gasteiger partial charge in [-0.2, -0.15) is 5.10 Å². The van der Waals surface area contributed by atoms with Gasteiger partial charge in [0, 0.05) is 6.04 Å². The number of nitrogens with two attached hydrogens (primary N) is 1. The molecule has 1 saturated heterocycles. The van der Waals surface area contributed by atoms with Crippen LogP contribution in [-0.2, 0) is 11.3 Å². The first-order valence-electron chi connectivity index (χ1n) is 6.77. The Kier molecular flexibility index (Phi) is 3.94. The van der Waals surface area contributed by atoms with Gasteiger partial charge < -0.3 is 15.2 Å². The highest BCUT2D eigenvalue weighted by Gasteiger charge is 2.23. The Hall–Kier alpha value is -1.92. The van der Waals surface area contributed by atoms with Crippen LogP contribution in [0, 0.1) is 0 Å². The van der Waals surface area contributed by atoms with Gasteiger partial charge in [0.05, 0.1) is 6.61 Å². The highest BCUT2D eigenvalue weighted by Crippen LogP contribution is 2.24. The van der Waals surface area contributed by atoms with E-state index in [0.29, 0.717) is 24.9 Å². The summed E-state index contributed by atoms with van der Waals surface area (Å²) in [7, 11) is 0. The molecule has 6 nitrogen and oxygen atoms in total. The smallest absolute Gasteiger partial charge is 0.179 e. The number of hydrogen-bond acceptors (Lipinski definition) is 5. The van der Waals surface area contributed by atoms with Gasteiger partial charge in [0.2, 0.25) is 0 Å². The molecule has 3 rings (SSSR count). The Morgan fingerprint density at radius 3 is 2.90 bits per heavy atom. The average Bonchev–Trinajstić information content (AvgIpc) is 2.96. The van der Waals surface area contributed by atoms with E-state index in [4.69, 9.17) is 15.2 Å². The van der Waals surface area contributed by atoms with Crippen LogP contribution in [0.25, 0.3) is 0 Å². The molecule has 2 atom stereocenters. The summed E-state index contributed by atoms with van der Waals surface area (Å²) in [6.45, 7) is 0.929. The number of nitrogens with one attached hydrogen (secondary N) is 1. The van der Waals surface area contributed by atoms with Crippen LogP contribution >= 0.6 is 0 Å². The third-order valence-electron chi connectivity index (χ3n) is 3.27. The molecule has 20 heavy (non-hydrogen) atoms. The van der Waals surface area contributed by atoms with Crippen molar-refractivity contribution in [3.05, 3.63) is 42.0 Å². The van der Waals surface area contributed by atoms with Gasteiger partial charge in [0.25, 0.3) is 0 Å². The molecule has 0 radical (unpaired) electrons. The maximum atomic E-state index is 5.80. The number of benzene rings is 1. The van der Waals surface area contributed by atoms with Crippen molar-refractivity contribution >= 4 is 0 Å². The molecule has 0 saturated carbocycles. The fourth-order valence-corrected chi connectivity index (χ4v) is 2.16. The molecular weight excluding hydrogens is 256 g/mol. The van der Waals surface area contributed by atoms with E-state index in [1.165, 1.54) is 0 Å². The molecule has 1 fully saturated rings. The predicted octanol–water partition coefficient (Wildman–Crippen LogP) is 1.56. The van der Waals surface area contributed by atoms with E-state index < -0.39 is 0 Å². The molecule has 0 aliphatic carbocycles. The Bertz CT molecular complexity index is 535. The lowest BCUT2D eigenvalue weighted by molar-refractivity contribution is -0.000931. The van der Waals surface area contributed by atoms with Gasteiger partial charge in [-0.1, -0.05) is 18.2 Å². The lowest BCUT2D eigenvalue weighted by Gasteiger charge is -2.24. The summed E-state index contributed by atoms with van der Waals surface area (Å²) in [6, 6.07) is 9.75. The minimum absolute atomic E-state index is 0.0588. The van der Waals surface area contributed by atoms with Crippen LogP contribution in [0.5, 0.6) is 5.75 Å². The minimum atomic E-state index is -0.0588. The second-order valence-corrected chi connectivity index (χ2v) is 4.90. The highest BCUT2D eigenvalue weighted by atomic mass is 16.5. The van der Waals surface area contributed by atoms with E-state index in [1.54, 1.807) is 0 Å². The normalized spacial score (nSPS) is 22.6. The van der Waals surface area contributed by atoms with Crippen molar-refractivity contribution in [2.45, 2.75) is 31.6 Å². The van der Waals surface area contributed by atoms with Crippen LogP contribution in [0.3, 0.4) is 0 Å². The van der Waals surface area contributed by atoms with Crippen molar-refractivity contribution in [3.63, 3.8) is 0 Å². The molecule has 1 aromatic carbocycles. The van der Waals surface area contributed by atoms with E-state index in [2.05, 4.69) is 15.2 Å². The first-order chi connectivity index (χ1) is 9.81. The zero-order valence-corrected chi connectivity index (χ0v) is 11.2. The van der Waals surface area contributed by atoms with Crippen molar-refractivity contribution < 1.29 is 9.47 Å². The third-order valence-corrected chi connectivity index (χ3v) is 3.27. The van der Waals surface area contributed by atoms with Gasteiger partial charge in [0.1, 0.15) is 18.5 Å². The van der Waals surface area contributed by atoms with E-state index in [0.717, 1.165) is 18.6 Å². The van der Waals surface area contributed by atoms with Gasteiger partial charge in [0.15, 0.2) is 11.6 Å². The number of nitrogens with zero attached hydrogens (tertiary/aromatic N) is 2. The number of aromatic amines is 1. The molecule has 0 spiro atoms. The second-order valence-electron chi connectivity index (χ2n) is 4.90. The van der Waals surface area contributed by atoms with Crippen molar-refractivity contribution in [2.24, 2.45) is 5.73 Å². The first kappa shape index (κ1) is 13.1. The number of para-hydroxylation sites is 1. The molecule has 3 N–H and O–H groups in total. The SMILES string of the molecule is NC1CC[C@@H](c2n[nH]c(COc3ccccc3)n2)OC1. The maximum Gasteiger partial charge on any atom is 0.179 e. The molecule has 0 amide bonds. The number of H-pyrrole nitrogens is 1. The van der Waals surface area contributed by atoms with Crippen LogP contribution in [-0.4, -0.2) is 27.8 Å². The van der Waals surface area contributed by atoms with Crippen molar-refractivity contribution in [3.8, 4) is 5.75 Å². The molecule has 1 aliphatic heterocycles. The van der Waals surface area contributed by atoms with Gasteiger partial charge in [-0.05, 0) is 25.0 Å². The van der Waals surface area contributed by atoms with Crippen molar-refractivity contribution in [1.82, 2.24) is 15.2 Å². The number of hydrogen-bond donors (Lipinski definition) is 2. The second kappa shape index (κ2) is 6.02. The highest BCUT2D eigenvalue weighted by molar-refractivity contribution is 5.21. The topological polar surface area (TPSA) is 86.0 Å².